The van der Waals surface area contributed by atoms with Crippen LogP contribution in [0.2, 0.25) is 0 Å². The second kappa shape index (κ2) is 4.64. The Morgan fingerprint density at radius 2 is 1.94 bits per heavy atom. The molecule has 0 aromatic rings. The van der Waals surface area contributed by atoms with Crippen molar-refractivity contribution >= 4 is 11.9 Å². The molecule has 96 valence electrons. The van der Waals surface area contributed by atoms with Crippen LogP contribution >= 0.6 is 0 Å². The Hall–Kier alpha value is -1.10. The maximum absolute atomic E-state index is 12.2. The van der Waals surface area contributed by atoms with Crippen LogP contribution in [0.25, 0.3) is 0 Å². The van der Waals surface area contributed by atoms with Gasteiger partial charge in [0, 0.05) is 6.04 Å². The van der Waals surface area contributed by atoms with Gasteiger partial charge in [0.2, 0.25) is 0 Å². The summed E-state index contributed by atoms with van der Waals surface area (Å²) in [6, 6.07) is -0.822. The first kappa shape index (κ1) is 12.4. The van der Waals surface area contributed by atoms with E-state index in [4.69, 9.17) is 5.73 Å². The van der Waals surface area contributed by atoms with Crippen LogP contribution in [0.4, 0.5) is 4.79 Å². The highest BCUT2D eigenvalue weighted by molar-refractivity contribution is 6.04. The van der Waals surface area contributed by atoms with Gasteiger partial charge in [0.05, 0.1) is 6.04 Å². The lowest BCUT2D eigenvalue weighted by molar-refractivity contribution is -0.130. The number of rotatable bonds is 2. The van der Waals surface area contributed by atoms with Gasteiger partial charge < -0.3 is 11.1 Å². The number of carbonyl (C=O) groups excluding carboxylic acids is 2. The van der Waals surface area contributed by atoms with E-state index >= 15 is 0 Å². The lowest BCUT2D eigenvalue weighted by Gasteiger charge is -2.34. The van der Waals surface area contributed by atoms with Crippen LogP contribution in [0, 0.1) is 5.92 Å². The molecule has 3 unspecified atom stereocenters. The number of nitrogens with two attached hydrogens (primary N) is 1. The third kappa shape index (κ3) is 2.16. The largest absolute Gasteiger partial charge is 0.326 e. The van der Waals surface area contributed by atoms with E-state index in [1.165, 1.54) is 4.90 Å². The van der Waals surface area contributed by atoms with Crippen molar-refractivity contribution in [2.75, 3.05) is 0 Å². The standard InChI is InChI=1S/C12H21N3O2/c1-7(2)10-11(16)15(12(17)14-10)9-6-4-3-5-8(9)13/h7-10H,3-6,13H2,1-2H3,(H,14,17). The summed E-state index contributed by atoms with van der Waals surface area (Å²) < 4.78 is 0. The average Bonchev–Trinajstić information content (AvgIpc) is 2.56. The van der Waals surface area contributed by atoms with Crippen molar-refractivity contribution in [1.82, 2.24) is 10.2 Å². The summed E-state index contributed by atoms with van der Waals surface area (Å²) >= 11 is 0. The summed E-state index contributed by atoms with van der Waals surface area (Å²) in [6.07, 6.45) is 3.87. The Labute approximate surface area is 102 Å². The molecule has 0 aromatic heterocycles. The van der Waals surface area contributed by atoms with E-state index in [0.29, 0.717) is 0 Å². The number of nitrogens with zero attached hydrogens (tertiary/aromatic N) is 1. The van der Waals surface area contributed by atoms with Gasteiger partial charge in [-0.05, 0) is 18.8 Å². The molecule has 0 radical (unpaired) electrons. The molecule has 1 saturated heterocycles. The zero-order valence-corrected chi connectivity index (χ0v) is 10.5. The van der Waals surface area contributed by atoms with E-state index in [2.05, 4.69) is 5.32 Å². The number of carbonyl (C=O) groups is 2. The molecular formula is C12H21N3O2. The lowest BCUT2D eigenvalue weighted by Crippen LogP contribution is -2.52. The minimum absolute atomic E-state index is 0.0654. The number of hydrogen-bond acceptors (Lipinski definition) is 3. The number of hydrogen-bond donors (Lipinski definition) is 2. The van der Waals surface area contributed by atoms with Crippen LogP contribution in [0.3, 0.4) is 0 Å². The normalized spacial score (nSPS) is 34.4. The van der Waals surface area contributed by atoms with Gasteiger partial charge in [0.25, 0.3) is 5.91 Å². The summed E-state index contributed by atoms with van der Waals surface area (Å²) in [5.41, 5.74) is 6.03. The van der Waals surface area contributed by atoms with E-state index in [1.807, 2.05) is 13.8 Å². The second-order valence-electron chi connectivity index (χ2n) is 5.40. The molecule has 0 bridgehead atoms. The summed E-state index contributed by atoms with van der Waals surface area (Å²) in [4.78, 5) is 25.4. The van der Waals surface area contributed by atoms with Gasteiger partial charge >= 0.3 is 6.03 Å². The molecule has 1 heterocycles. The third-order valence-electron chi connectivity index (χ3n) is 3.78. The monoisotopic (exact) mass is 239 g/mol. The molecule has 0 spiro atoms. The van der Waals surface area contributed by atoms with Crippen molar-refractivity contribution in [1.29, 1.82) is 0 Å². The van der Waals surface area contributed by atoms with E-state index in [1.54, 1.807) is 0 Å². The molecule has 3 atom stereocenters. The molecule has 2 rings (SSSR count). The van der Waals surface area contributed by atoms with E-state index < -0.39 is 0 Å². The topological polar surface area (TPSA) is 75.4 Å². The predicted molar refractivity (Wildman–Crippen MR) is 64.2 cm³/mol. The molecule has 3 N–H and O–H groups in total. The minimum Gasteiger partial charge on any atom is -0.326 e. The molecular weight excluding hydrogens is 218 g/mol. The van der Waals surface area contributed by atoms with Gasteiger partial charge in [-0.3, -0.25) is 9.69 Å². The fraction of sp³-hybridized carbons (Fsp3) is 0.833. The van der Waals surface area contributed by atoms with Crippen LogP contribution < -0.4 is 11.1 Å². The minimum atomic E-state index is -0.378. The first-order chi connectivity index (χ1) is 8.02. The molecule has 1 aliphatic heterocycles. The summed E-state index contributed by atoms with van der Waals surface area (Å²) in [7, 11) is 0. The average molecular weight is 239 g/mol. The van der Waals surface area contributed by atoms with Crippen LogP contribution in [-0.4, -0.2) is 35.0 Å². The Balaban J connectivity index is 2.15. The molecule has 5 heteroatoms. The fourth-order valence-electron chi connectivity index (χ4n) is 2.74. The maximum Gasteiger partial charge on any atom is 0.325 e. The van der Waals surface area contributed by atoms with Crippen molar-refractivity contribution in [3.05, 3.63) is 0 Å². The zero-order chi connectivity index (χ0) is 12.6. The molecule has 2 fully saturated rings. The van der Waals surface area contributed by atoms with Crippen molar-refractivity contribution in [3.63, 3.8) is 0 Å². The quantitative estimate of drug-likeness (QED) is 0.701. The number of imide groups is 1. The van der Waals surface area contributed by atoms with Crippen molar-refractivity contribution < 1.29 is 9.59 Å². The van der Waals surface area contributed by atoms with Gasteiger partial charge in [0.1, 0.15) is 6.04 Å². The molecule has 2 aliphatic rings. The number of nitrogens with one attached hydrogen (secondary N) is 1. The van der Waals surface area contributed by atoms with Gasteiger partial charge in [-0.1, -0.05) is 26.7 Å². The molecule has 5 nitrogen and oxygen atoms in total. The van der Waals surface area contributed by atoms with Gasteiger partial charge in [-0.15, -0.1) is 0 Å². The predicted octanol–water partition coefficient (Wildman–Crippen LogP) is 0.833. The zero-order valence-electron chi connectivity index (χ0n) is 10.5. The smallest absolute Gasteiger partial charge is 0.325 e. The highest BCUT2D eigenvalue weighted by Gasteiger charge is 2.45. The van der Waals surface area contributed by atoms with E-state index in [0.717, 1.165) is 25.7 Å². The van der Waals surface area contributed by atoms with Crippen LogP contribution in [0.15, 0.2) is 0 Å². The molecule has 0 aromatic carbocycles. The SMILES string of the molecule is CC(C)C1NC(=O)N(C2CCCCC2N)C1=O. The summed E-state index contributed by atoms with van der Waals surface area (Å²) in [5.74, 6) is 0.0172. The van der Waals surface area contributed by atoms with Crippen LogP contribution in [-0.2, 0) is 4.79 Å². The van der Waals surface area contributed by atoms with Crippen LogP contribution in [0.1, 0.15) is 39.5 Å². The molecule has 3 amide bonds. The Morgan fingerprint density at radius 3 is 2.47 bits per heavy atom. The first-order valence-corrected chi connectivity index (χ1v) is 6.41. The van der Waals surface area contributed by atoms with Crippen LogP contribution in [0.5, 0.6) is 0 Å². The van der Waals surface area contributed by atoms with Gasteiger partial charge in [0.15, 0.2) is 0 Å². The Kier molecular flexibility index (Phi) is 3.38. The third-order valence-corrected chi connectivity index (χ3v) is 3.78. The van der Waals surface area contributed by atoms with Crippen molar-refractivity contribution in [2.45, 2.75) is 57.7 Å². The van der Waals surface area contributed by atoms with Gasteiger partial charge in [-0.25, -0.2) is 4.79 Å². The lowest BCUT2D eigenvalue weighted by atomic mass is 9.89. The van der Waals surface area contributed by atoms with Crippen molar-refractivity contribution in [3.8, 4) is 0 Å². The highest BCUT2D eigenvalue weighted by atomic mass is 16.2. The van der Waals surface area contributed by atoms with Gasteiger partial charge in [-0.2, -0.15) is 0 Å². The summed E-state index contributed by atoms with van der Waals surface area (Å²) in [6.45, 7) is 3.88. The summed E-state index contributed by atoms with van der Waals surface area (Å²) in [5, 5.41) is 2.75. The Bertz CT molecular complexity index is 330. The molecule has 17 heavy (non-hydrogen) atoms. The Morgan fingerprint density at radius 1 is 1.29 bits per heavy atom. The van der Waals surface area contributed by atoms with E-state index in [9.17, 15) is 9.59 Å². The first-order valence-electron chi connectivity index (χ1n) is 6.41. The fourth-order valence-corrected chi connectivity index (χ4v) is 2.74. The van der Waals surface area contributed by atoms with Crippen molar-refractivity contribution in [2.24, 2.45) is 11.7 Å². The number of urea groups is 1. The molecule has 1 aliphatic carbocycles. The maximum atomic E-state index is 12.2. The second-order valence-corrected chi connectivity index (χ2v) is 5.40. The molecule has 1 saturated carbocycles. The highest BCUT2D eigenvalue weighted by Crippen LogP contribution is 2.26. The van der Waals surface area contributed by atoms with E-state index in [-0.39, 0.29) is 36.0 Å². The number of amides is 3.